The van der Waals surface area contributed by atoms with Crippen LogP contribution in [0.25, 0.3) is 0 Å². The Kier molecular flexibility index (Phi) is 4.91. The Bertz CT molecular complexity index is 735. The quantitative estimate of drug-likeness (QED) is 0.466. The molecule has 2 rings (SSSR count). The minimum absolute atomic E-state index is 0.00815. The van der Waals surface area contributed by atoms with E-state index in [4.69, 9.17) is 10.8 Å². The number of aliphatic hydroxyl groups is 1. The molecule has 0 aliphatic heterocycles. The van der Waals surface area contributed by atoms with Gasteiger partial charge in [-0.05, 0) is 37.1 Å². The maximum absolute atomic E-state index is 11.2. The number of anilines is 4. The maximum Gasteiger partial charge on any atom is 0.353 e. The molecular weight excluding hydrogens is 300 g/mol. The Morgan fingerprint density at radius 1 is 1.30 bits per heavy atom. The van der Waals surface area contributed by atoms with Gasteiger partial charge in [-0.2, -0.15) is 9.97 Å². The third kappa shape index (κ3) is 3.83. The second kappa shape index (κ2) is 6.88. The number of rotatable bonds is 6. The summed E-state index contributed by atoms with van der Waals surface area (Å²) in [6.07, 6.45) is 0. The first-order chi connectivity index (χ1) is 10.9. The summed E-state index contributed by atoms with van der Waals surface area (Å²) in [5.41, 5.74) is 8.08. The molecule has 0 saturated heterocycles. The molecule has 0 aliphatic carbocycles. The highest BCUT2D eigenvalue weighted by molar-refractivity contribution is 5.74. The van der Waals surface area contributed by atoms with E-state index in [0.717, 1.165) is 11.1 Å². The molecule has 0 atom stereocenters. The predicted molar refractivity (Wildman–Crippen MR) is 87.9 cm³/mol. The van der Waals surface area contributed by atoms with Gasteiger partial charge in [0.2, 0.25) is 17.6 Å². The summed E-state index contributed by atoms with van der Waals surface area (Å²) in [7, 11) is 0. The van der Waals surface area contributed by atoms with Gasteiger partial charge in [0.25, 0.3) is 0 Å². The van der Waals surface area contributed by atoms with Gasteiger partial charge in [0.15, 0.2) is 0 Å². The van der Waals surface area contributed by atoms with E-state index in [9.17, 15) is 10.1 Å². The van der Waals surface area contributed by atoms with Crippen LogP contribution in [-0.4, -0.2) is 33.1 Å². The molecule has 0 unspecified atom stereocenters. The van der Waals surface area contributed by atoms with E-state index in [1.54, 1.807) is 6.07 Å². The molecule has 0 aliphatic rings. The fourth-order valence-corrected chi connectivity index (χ4v) is 1.94. The molecule has 1 aromatic carbocycles. The van der Waals surface area contributed by atoms with Crippen LogP contribution in [-0.2, 0) is 0 Å². The van der Waals surface area contributed by atoms with Gasteiger partial charge in [0, 0.05) is 12.2 Å². The van der Waals surface area contributed by atoms with Crippen molar-refractivity contribution in [2.24, 2.45) is 0 Å². The van der Waals surface area contributed by atoms with E-state index in [2.05, 4.69) is 20.6 Å². The highest BCUT2D eigenvalue weighted by atomic mass is 16.6. The van der Waals surface area contributed by atoms with Crippen molar-refractivity contribution in [1.29, 1.82) is 0 Å². The third-order valence-corrected chi connectivity index (χ3v) is 3.26. The van der Waals surface area contributed by atoms with Crippen LogP contribution in [0.3, 0.4) is 0 Å². The first-order valence-corrected chi connectivity index (χ1v) is 6.93. The fraction of sp³-hybridized carbons (Fsp3) is 0.286. The topological polar surface area (TPSA) is 139 Å². The van der Waals surface area contributed by atoms with Crippen molar-refractivity contribution in [3.63, 3.8) is 0 Å². The van der Waals surface area contributed by atoms with E-state index in [0.29, 0.717) is 5.69 Å². The zero-order chi connectivity index (χ0) is 17.0. The van der Waals surface area contributed by atoms with Gasteiger partial charge < -0.3 is 21.5 Å². The molecule has 122 valence electrons. The fourth-order valence-electron chi connectivity index (χ4n) is 1.94. The number of aliphatic hydroxyl groups excluding tert-OH is 1. The molecule has 0 bridgehead atoms. The predicted octanol–water partition coefficient (Wildman–Crippen LogP) is 1.73. The molecule has 9 nitrogen and oxygen atoms in total. The molecule has 0 amide bonds. The average Bonchev–Trinajstić information content (AvgIpc) is 2.48. The smallest absolute Gasteiger partial charge is 0.353 e. The molecule has 1 aromatic heterocycles. The van der Waals surface area contributed by atoms with Crippen LogP contribution in [0.15, 0.2) is 18.2 Å². The van der Waals surface area contributed by atoms with Gasteiger partial charge in [-0.1, -0.05) is 6.07 Å². The van der Waals surface area contributed by atoms with Gasteiger partial charge in [0.1, 0.15) is 0 Å². The zero-order valence-electron chi connectivity index (χ0n) is 12.8. The molecule has 23 heavy (non-hydrogen) atoms. The van der Waals surface area contributed by atoms with E-state index in [1.807, 2.05) is 26.0 Å². The summed E-state index contributed by atoms with van der Waals surface area (Å²) in [5, 5.41) is 25.7. The van der Waals surface area contributed by atoms with Crippen LogP contribution in [0.4, 0.5) is 29.0 Å². The number of nitrogens with one attached hydrogen (secondary N) is 2. The third-order valence-electron chi connectivity index (χ3n) is 3.26. The van der Waals surface area contributed by atoms with Crippen molar-refractivity contribution < 1.29 is 10.0 Å². The Balaban J connectivity index is 2.42. The van der Waals surface area contributed by atoms with Gasteiger partial charge in [-0.25, -0.2) is 0 Å². The Labute approximate surface area is 132 Å². The number of hydrogen-bond donors (Lipinski definition) is 4. The molecule has 1 heterocycles. The molecule has 0 saturated carbocycles. The first kappa shape index (κ1) is 16.4. The zero-order valence-corrected chi connectivity index (χ0v) is 12.8. The largest absolute Gasteiger partial charge is 0.395 e. The highest BCUT2D eigenvalue weighted by Gasteiger charge is 2.23. The van der Waals surface area contributed by atoms with Crippen LogP contribution < -0.4 is 16.4 Å². The highest BCUT2D eigenvalue weighted by Crippen LogP contribution is 2.31. The van der Waals surface area contributed by atoms with Crippen molar-refractivity contribution in [2.75, 3.05) is 29.5 Å². The van der Waals surface area contributed by atoms with E-state index in [-0.39, 0.29) is 30.7 Å². The van der Waals surface area contributed by atoms with Gasteiger partial charge in [-0.3, -0.25) is 10.1 Å². The van der Waals surface area contributed by atoms with E-state index >= 15 is 0 Å². The summed E-state index contributed by atoms with van der Waals surface area (Å²) in [6, 6.07) is 5.56. The van der Waals surface area contributed by atoms with Crippen molar-refractivity contribution in [2.45, 2.75) is 13.8 Å². The molecule has 0 spiro atoms. The summed E-state index contributed by atoms with van der Waals surface area (Å²) in [5.74, 6) is -0.156. The van der Waals surface area contributed by atoms with Crippen LogP contribution in [0.2, 0.25) is 0 Å². The molecule has 0 fully saturated rings. The Morgan fingerprint density at radius 3 is 2.65 bits per heavy atom. The summed E-state index contributed by atoms with van der Waals surface area (Å²) >= 11 is 0. The molecule has 5 N–H and O–H groups in total. The number of nitrogens with zero attached hydrogens (tertiary/aromatic N) is 3. The SMILES string of the molecule is Cc1ccc(Nc2nc(NCCO)nc(N)c2[N+](=O)[O-])cc1C. The van der Waals surface area contributed by atoms with Gasteiger partial charge in [0.05, 0.1) is 11.5 Å². The lowest BCUT2D eigenvalue weighted by atomic mass is 10.1. The van der Waals surface area contributed by atoms with E-state index < -0.39 is 10.6 Å². The van der Waals surface area contributed by atoms with Gasteiger partial charge in [-0.15, -0.1) is 0 Å². The molecular formula is C14H18N6O3. The second-order valence-electron chi connectivity index (χ2n) is 4.96. The van der Waals surface area contributed by atoms with Gasteiger partial charge >= 0.3 is 5.69 Å². The molecule has 0 radical (unpaired) electrons. The molecule has 2 aromatic rings. The van der Waals surface area contributed by atoms with Crippen LogP contribution in [0.1, 0.15) is 11.1 Å². The van der Waals surface area contributed by atoms with Crippen LogP contribution in [0.5, 0.6) is 0 Å². The number of aryl methyl sites for hydroxylation is 2. The van der Waals surface area contributed by atoms with Crippen molar-refractivity contribution in [3.8, 4) is 0 Å². The maximum atomic E-state index is 11.2. The summed E-state index contributed by atoms with van der Waals surface area (Å²) in [6.45, 7) is 4.00. The van der Waals surface area contributed by atoms with Crippen LogP contribution >= 0.6 is 0 Å². The van der Waals surface area contributed by atoms with Crippen LogP contribution in [0, 0.1) is 24.0 Å². The van der Waals surface area contributed by atoms with E-state index in [1.165, 1.54) is 0 Å². The standard InChI is InChI=1S/C14H18N6O3/c1-8-3-4-10(7-9(8)2)17-13-11(20(22)23)12(15)18-14(19-13)16-5-6-21/h3-4,7,21H,5-6H2,1-2H3,(H4,15,16,17,18,19). The lowest BCUT2D eigenvalue weighted by molar-refractivity contribution is -0.383. The number of aromatic nitrogens is 2. The number of nitro groups is 1. The van der Waals surface area contributed by atoms with Crippen molar-refractivity contribution in [3.05, 3.63) is 39.4 Å². The molecule has 9 heteroatoms. The number of hydrogen-bond acceptors (Lipinski definition) is 8. The Hall–Kier alpha value is -2.94. The monoisotopic (exact) mass is 318 g/mol. The van der Waals surface area contributed by atoms with Crippen molar-refractivity contribution >= 4 is 29.0 Å². The average molecular weight is 318 g/mol. The number of nitrogen functional groups attached to an aromatic ring is 1. The minimum Gasteiger partial charge on any atom is -0.395 e. The minimum atomic E-state index is -0.630. The summed E-state index contributed by atoms with van der Waals surface area (Å²) in [4.78, 5) is 18.5. The Morgan fingerprint density at radius 2 is 2.04 bits per heavy atom. The summed E-state index contributed by atoms with van der Waals surface area (Å²) < 4.78 is 0. The normalized spacial score (nSPS) is 10.4. The number of nitrogens with two attached hydrogens (primary N) is 1. The second-order valence-corrected chi connectivity index (χ2v) is 4.96. The lowest BCUT2D eigenvalue weighted by Gasteiger charge is -2.11. The number of benzene rings is 1. The first-order valence-electron chi connectivity index (χ1n) is 6.93. The lowest BCUT2D eigenvalue weighted by Crippen LogP contribution is -2.12. The van der Waals surface area contributed by atoms with Crippen molar-refractivity contribution in [1.82, 2.24) is 9.97 Å².